The van der Waals surface area contributed by atoms with Crippen molar-refractivity contribution in [2.75, 3.05) is 0 Å². The minimum atomic E-state index is -1.08. The number of nitrogens with zero attached hydrogens (tertiary/aromatic N) is 1. The van der Waals surface area contributed by atoms with Crippen LogP contribution in [-0.4, -0.2) is 28.2 Å². The highest BCUT2D eigenvalue weighted by Crippen LogP contribution is 2.22. The van der Waals surface area contributed by atoms with Crippen molar-refractivity contribution in [1.29, 1.82) is 0 Å². The van der Waals surface area contributed by atoms with Gasteiger partial charge in [0.15, 0.2) is 0 Å². The van der Waals surface area contributed by atoms with Gasteiger partial charge in [0.25, 0.3) is 5.91 Å². The number of aliphatic carboxylic acids is 1. The highest BCUT2D eigenvalue weighted by molar-refractivity contribution is 6.30. The zero-order valence-electron chi connectivity index (χ0n) is 11.9. The third-order valence-corrected chi connectivity index (χ3v) is 3.27. The van der Waals surface area contributed by atoms with Crippen LogP contribution in [0.15, 0.2) is 34.9 Å². The molecule has 0 fully saturated rings. The molecule has 1 aromatic carbocycles. The number of carboxylic acids is 1. The molecule has 0 spiro atoms. The molecule has 0 saturated heterocycles. The van der Waals surface area contributed by atoms with Crippen molar-refractivity contribution in [3.8, 4) is 11.3 Å². The number of rotatable bonds is 6. The average molecular weight is 323 g/mol. The van der Waals surface area contributed by atoms with Crippen LogP contribution in [0, 0.1) is 0 Å². The summed E-state index contributed by atoms with van der Waals surface area (Å²) in [6.45, 7) is 1.84. The maximum atomic E-state index is 12.0. The fraction of sp³-hybridized carbons (Fsp3) is 0.267. The van der Waals surface area contributed by atoms with Crippen LogP contribution in [0.1, 0.15) is 30.3 Å². The van der Waals surface area contributed by atoms with Crippen LogP contribution in [0.25, 0.3) is 11.3 Å². The van der Waals surface area contributed by atoms with E-state index in [4.69, 9.17) is 21.2 Å². The molecule has 2 rings (SSSR count). The van der Waals surface area contributed by atoms with Gasteiger partial charge in [-0.3, -0.25) is 4.79 Å². The van der Waals surface area contributed by atoms with Gasteiger partial charge >= 0.3 is 5.97 Å². The van der Waals surface area contributed by atoms with Crippen LogP contribution in [0.4, 0.5) is 0 Å². The first kappa shape index (κ1) is 16.0. The van der Waals surface area contributed by atoms with Crippen LogP contribution in [-0.2, 0) is 4.79 Å². The lowest BCUT2D eigenvalue weighted by molar-refractivity contribution is -0.139. The number of hydrogen-bond donors (Lipinski definition) is 2. The molecule has 1 unspecified atom stereocenters. The second-order valence-corrected chi connectivity index (χ2v) is 5.18. The van der Waals surface area contributed by atoms with Gasteiger partial charge in [-0.05, 0) is 18.6 Å². The molecule has 2 aromatic rings. The fourth-order valence-corrected chi connectivity index (χ4v) is 2.13. The third kappa shape index (κ3) is 3.85. The Hall–Kier alpha value is -2.34. The van der Waals surface area contributed by atoms with E-state index in [0.29, 0.717) is 29.1 Å². The summed E-state index contributed by atoms with van der Waals surface area (Å²) < 4.78 is 4.98. The van der Waals surface area contributed by atoms with E-state index in [1.54, 1.807) is 24.3 Å². The molecule has 0 aliphatic carbocycles. The van der Waals surface area contributed by atoms with E-state index < -0.39 is 17.9 Å². The van der Waals surface area contributed by atoms with E-state index in [1.807, 2.05) is 6.92 Å². The van der Waals surface area contributed by atoms with E-state index in [-0.39, 0.29) is 5.76 Å². The van der Waals surface area contributed by atoms with Gasteiger partial charge in [0, 0.05) is 16.7 Å². The van der Waals surface area contributed by atoms with Crippen molar-refractivity contribution >= 4 is 23.5 Å². The summed E-state index contributed by atoms with van der Waals surface area (Å²) in [7, 11) is 0. The van der Waals surface area contributed by atoms with Crippen molar-refractivity contribution in [3.05, 3.63) is 41.1 Å². The molecule has 22 heavy (non-hydrogen) atoms. The molecule has 1 atom stereocenters. The minimum absolute atomic E-state index is 0.0441. The number of carboxylic acid groups (broad SMARTS) is 1. The Kier molecular flexibility index (Phi) is 5.16. The minimum Gasteiger partial charge on any atom is -0.480 e. The van der Waals surface area contributed by atoms with E-state index in [2.05, 4.69) is 10.5 Å². The molecule has 0 aliphatic heterocycles. The molecule has 0 bridgehead atoms. The predicted octanol–water partition coefficient (Wildman–Crippen LogP) is 2.98. The molecular weight excluding hydrogens is 308 g/mol. The summed E-state index contributed by atoms with van der Waals surface area (Å²) in [5, 5.41) is 15.8. The second-order valence-electron chi connectivity index (χ2n) is 4.74. The fourth-order valence-electron chi connectivity index (χ4n) is 1.94. The Balaban J connectivity index is 2.13. The van der Waals surface area contributed by atoms with Gasteiger partial charge in [0.2, 0.25) is 5.76 Å². The lowest BCUT2D eigenvalue weighted by Gasteiger charge is -2.11. The normalized spacial score (nSPS) is 11.9. The number of carbonyl (C=O) groups excluding carboxylic acids is 1. The molecule has 7 heteroatoms. The number of carbonyl (C=O) groups is 2. The average Bonchev–Trinajstić information content (AvgIpc) is 2.96. The molecule has 6 nitrogen and oxygen atoms in total. The topological polar surface area (TPSA) is 92.4 Å². The van der Waals surface area contributed by atoms with Crippen molar-refractivity contribution in [1.82, 2.24) is 10.5 Å². The van der Waals surface area contributed by atoms with E-state index in [1.165, 1.54) is 6.07 Å². The summed E-state index contributed by atoms with van der Waals surface area (Å²) in [6, 6.07) is 7.46. The first-order valence-corrected chi connectivity index (χ1v) is 7.15. The number of hydrogen-bond acceptors (Lipinski definition) is 4. The van der Waals surface area contributed by atoms with Crippen molar-refractivity contribution in [3.63, 3.8) is 0 Å². The summed E-state index contributed by atoms with van der Waals surface area (Å²) >= 11 is 5.90. The highest BCUT2D eigenvalue weighted by atomic mass is 35.5. The Morgan fingerprint density at radius 1 is 1.41 bits per heavy atom. The van der Waals surface area contributed by atoms with Crippen molar-refractivity contribution in [2.45, 2.75) is 25.8 Å². The molecule has 1 amide bonds. The van der Waals surface area contributed by atoms with Gasteiger partial charge in [-0.15, -0.1) is 0 Å². The van der Waals surface area contributed by atoms with Gasteiger partial charge in [0.05, 0.1) is 0 Å². The van der Waals surface area contributed by atoms with E-state index in [0.717, 1.165) is 0 Å². The number of halogens is 1. The first-order valence-electron chi connectivity index (χ1n) is 6.77. The maximum absolute atomic E-state index is 12.0. The van der Waals surface area contributed by atoms with Crippen LogP contribution in [0.2, 0.25) is 5.02 Å². The lowest BCUT2D eigenvalue weighted by atomic mass is 10.1. The predicted molar refractivity (Wildman–Crippen MR) is 80.7 cm³/mol. The zero-order chi connectivity index (χ0) is 16.1. The standard InChI is InChI=1S/C15H15ClN2O4/c1-2-4-11(15(20)21)17-14(19)13-8-12(18-22-13)9-5-3-6-10(16)7-9/h3,5-8,11H,2,4H2,1H3,(H,17,19)(H,20,21). The first-order chi connectivity index (χ1) is 10.5. The number of benzene rings is 1. The Morgan fingerprint density at radius 3 is 2.82 bits per heavy atom. The lowest BCUT2D eigenvalue weighted by Crippen LogP contribution is -2.40. The van der Waals surface area contributed by atoms with Crippen molar-refractivity contribution < 1.29 is 19.2 Å². The Morgan fingerprint density at radius 2 is 2.18 bits per heavy atom. The van der Waals surface area contributed by atoms with E-state index >= 15 is 0 Å². The Bertz CT molecular complexity index is 684. The summed E-state index contributed by atoms with van der Waals surface area (Å²) in [5.74, 6) is -1.73. The third-order valence-electron chi connectivity index (χ3n) is 3.04. The quantitative estimate of drug-likeness (QED) is 0.853. The summed E-state index contributed by atoms with van der Waals surface area (Å²) in [4.78, 5) is 23.1. The zero-order valence-corrected chi connectivity index (χ0v) is 12.6. The van der Waals surface area contributed by atoms with Gasteiger partial charge in [-0.1, -0.05) is 42.2 Å². The van der Waals surface area contributed by atoms with Crippen molar-refractivity contribution in [2.24, 2.45) is 0 Å². The molecular formula is C15H15ClN2O4. The largest absolute Gasteiger partial charge is 0.480 e. The van der Waals surface area contributed by atoms with Gasteiger partial charge in [-0.25, -0.2) is 4.79 Å². The highest BCUT2D eigenvalue weighted by Gasteiger charge is 2.22. The maximum Gasteiger partial charge on any atom is 0.326 e. The molecule has 1 aromatic heterocycles. The van der Waals surface area contributed by atoms with Gasteiger partial charge < -0.3 is 14.9 Å². The smallest absolute Gasteiger partial charge is 0.326 e. The molecule has 1 heterocycles. The SMILES string of the molecule is CCCC(NC(=O)c1cc(-c2cccc(Cl)c2)no1)C(=O)O. The summed E-state index contributed by atoms with van der Waals surface area (Å²) in [6.07, 6.45) is 0.984. The molecule has 0 saturated carbocycles. The number of nitrogens with one attached hydrogen (secondary N) is 1. The number of aromatic nitrogens is 1. The summed E-state index contributed by atoms with van der Waals surface area (Å²) in [5.41, 5.74) is 1.16. The monoisotopic (exact) mass is 322 g/mol. The second kappa shape index (κ2) is 7.09. The Labute approximate surface area is 132 Å². The molecule has 116 valence electrons. The molecule has 0 radical (unpaired) electrons. The molecule has 0 aliphatic rings. The van der Waals surface area contributed by atoms with Crippen LogP contribution < -0.4 is 5.32 Å². The van der Waals surface area contributed by atoms with Crippen LogP contribution in [0.3, 0.4) is 0 Å². The number of amides is 1. The van der Waals surface area contributed by atoms with Crippen LogP contribution in [0.5, 0.6) is 0 Å². The molecule has 2 N–H and O–H groups in total. The van der Waals surface area contributed by atoms with Gasteiger partial charge in [-0.2, -0.15) is 0 Å². The van der Waals surface area contributed by atoms with Gasteiger partial charge in [0.1, 0.15) is 11.7 Å². The van der Waals surface area contributed by atoms with Crippen LogP contribution >= 0.6 is 11.6 Å². The van der Waals surface area contributed by atoms with E-state index in [9.17, 15) is 9.59 Å².